The van der Waals surface area contributed by atoms with Gasteiger partial charge in [0.15, 0.2) is 0 Å². The molecule has 3 heterocycles. The van der Waals surface area contributed by atoms with Crippen molar-refractivity contribution in [1.29, 1.82) is 0 Å². The van der Waals surface area contributed by atoms with Crippen LogP contribution in [0, 0.1) is 12.8 Å². The van der Waals surface area contributed by atoms with Crippen LogP contribution in [0.4, 0.5) is 5.82 Å². The van der Waals surface area contributed by atoms with E-state index >= 15 is 0 Å². The van der Waals surface area contributed by atoms with Crippen LogP contribution in [0.15, 0.2) is 30.6 Å². The van der Waals surface area contributed by atoms with E-state index in [2.05, 4.69) is 15.4 Å². The highest BCUT2D eigenvalue weighted by atomic mass is 16.5. The summed E-state index contributed by atoms with van der Waals surface area (Å²) < 4.78 is 7.19. The Morgan fingerprint density at radius 1 is 1.48 bits per heavy atom. The van der Waals surface area contributed by atoms with Crippen molar-refractivity contribution in [3.63, 3.8) is 0 Å². The largest absolute Gasteiger partial charge is 0.381 e. The van der Waals surface area contributed by atoms with E-state index < -0.39 is 0 Å². The van der Waals surface area contributed by atoms with Crippen LogP contribution in [0.2, 0.25) is 0 Å². The third-order valence-electron chi connectivity index (χ3n) is 3.59. The maximum atomic E-state index is 12.2. The van der Waals surface area contributed by atoms with Gasteiger partial charge in [-0.3, -0.25) is 9.78 Å². The summed E-state index contributed by atoms with van der Waals surface area (Å²) >= 11 is 0. The molecule has 1 fully saturated rings. The van der Waals surface area contributed by atoms with Gasteiger partial charge in [0.05, 0.1) is 18.4 Å². The van der Waals surface area contributed by atoms with Crippen LogP contribution in [0.1, 0.15) is 22.5 Å². The van der Waals surface area contributed by atoms with Gasteiger partial charge in [-0.1, -0.05) is 0 Å². The van der Waals surface area contributed by atoms with Crippen LogP contribution in [-0.2, 0) is 11.3 Å². The first-order valence-electron chi connectivity index (χ1n) is 7.06. The molecule has 2 aromatic rings. The molecule has 0 bridgehead atoms. The van der Waals surface area contributed by atoms with E-state index in [9.17, 15) is 4.79 Å². The zero-order valence-electron chi connectivity index (χ0n) is 12.0. The van der Waals surface area contributed by atoms with Gasteiger partial charge in [-0.05, 0) is 25.5 Å². The summed E-state index contributed by atoms with van der Waals surface area (Å²) in [7, 11) is 0. The van der Waals surface area contributed by atoms with Gasteiger partial charge in [0.1, 0.15) is 5.82 Å². The van der Waals surface area contributed by atoms with Crippen molar-refractivity contribution >= 4 is 11.7 Å². The number of amides is 1. The molecule has 110 valence electrons. The molecule has 1 N–H and O–H groups in total. The summed E-state index contributed by atoms with van der Waals surface area (Å²) in [5.74, 6) is 0.987. The lowest BCUT2D eigenvalue weighted by Gasteiger charge is -2.12. The third-order valence-corrected chi connectivity index (χ3v) is 3.59. The molecule has 6 heteroatoms. The minimum atomic E-state index is -0.174. The highest BCUT2D eigenvalue weighted by molar-refractivity contribution is 6.03. The molecule has 2 aromatic heterocycles. The second-order valence-electron chi connectivity index (χ2n) is 5.27. The number of rotatable bonds is 4. The zero-order valence-corrected chi connectivity index (χ0v) is 12.0. The van der Waals surface area contributed by atoms with Crippen molar-refractivity contribution in [3.8, 4) is 0 Å². The van der Waals surface area contributed by atoms with E-state index in [-0.39, 0.29) is 5.91 Å². The summed E-state index contributed by atoms with van der Waals surface area (Å²) in [4.78, 5) is 16.3. The molecule has 1 atom stereocenters. The van der Waals surface area contributed by atoms with Gasteiger partial charge in [0.25, 0.3) is 5.91 Å². The van der Waals surface area contributed by atoms with Crippen LogP contribution in [0.5, 0.6) is 0 Å². The minimum absolute atomic E-state index is 0.174. The van der Waals surface area contributed by atoms with Crippen molar-refractivity contribution in [2.45, 2.75) is 19.9 Å². The molecule has 0 aromatic carbocycles. The average Bonchev–Trinajstić information content (AvgIpc) is 3.13. The fourth-order valence-corrected chi connectivity index (χ4v) is 2.35. The molecule has 1 saturated heterocycles. The Bertz CT molecular complexity index is 615. The van der Waals surface area contributed by atoms with Crippen LogP contribution in [0.25, 0.3) is 0 Å². The minimum Gasteiger partial charge on any atom is -0.381 e. The number of pyridine rings is 1. The predicted octanol–water partition coefficient (Wildman–Crippen LogP) is 1.88. The molecule has 1 aliphatic heterocycles. The molecule has 21 heavy (non-hydrogen) atoms. The van der Waals surface area contributed by atoms with Crippen LogP contribution in [0.3, 0.4) is 0 Å². The van der Waals surface area contributed by atoms with Crippen molar-refractivity contribution in [1.82, 2.24) is 14.8 Å². The molecule has 1 amide bonds. The third kappa shape index (κ3) is 3.28. The smallest absolute Gasteiger partial charge is 0.258 e. The number of carbonyl (C=O) groups excluding carboxylic acids is 1. The van der Waals surface area contributed by atoms with Gasteiger partial charge >= 0.3 is 0 Å². The van der Waals surface area contributed by atoms with Crippen molar-refractivity contribution < 1.29 is 9.53 Å². The molecule has 0 unspecified atom stereocenters. The molecule has 0 spiro atoms. The molecule has 1 aliphatic rings. The Hall–Kier alpha value is -2.21. The molecule has 3 rings (SSSR count). The maximum Gasteiger partial charge on any atom is 0.258 e. The number of hydrogen-bond donors (Lipinski definition) is 1. The highest BCUT2D eigenvalue weighted by Gasteiger charge is 2.18. The number of aromatic nitrogens is 3. The van der Waals surface area contributed by atoms with Gasteiger partial charge in [-0.2, -0.15) is 5.10 Å². The summed E-state index contributed by atoms with van der Waals surface area (Å²) in [6.07, 6.45) is 4.31. The van der Waals surface area contributed by atoms with E-state index in [1.807, 2.05) is 17.7 Å². The van der Waals surface area contributed by atoms with Crippen molar-refractivity contribution in [2.24, 2.45) is 5.92 Å². The molecule has 0 radical (unpaired) electrons. The number of nitrogens with zero attached hydrogens (tertiary/aromatic N) is 3. The lowest BCUT2D eigenvalue weighted by atomic mass is 10.1. The molecular weight excluding hydrogens is 268 g/mol. The number of nitrogens with one attached hydrogen (secondary N) is 1. The van der Waals surface area contributed by atoms with Crippen LogP contribution in [-0.4, -0.2) is 33.9 Å². The predicted molar refractivity (Wildman–Crippen MR) is 78.1 cm³/mol. The van der Waals surface area contributed by atoms with E-state index in [1.165, 1.54) is 0 Å². The number of anilines is 1. The first-order valence-corrected chi connectivity index (χ1v) is 7.06. The van der Waals surface area contributed by atoms with Gasteiger partial charge in [0.2, 0.25) is 0 Å². The number of carbonyl (C=O) groups is 1. The Balaban J connectivity index is 1.68. The first kappa shape index (κ1) is 13.8. The monoisotopic (exact) mass is 286 g/mol. The summed E-state index contributed by atoms with van der Waals surface area (Å²) in [6, 6.07) is 5.39. The normalized spacial score (nSPS) is 17.9. The molecule has 0 aliphatic carbocycles. The summed E-state index contributed by atoms with van der Waals surface area (Å²) in [5.41, 5.74) is 1.43. The van der Waals surface area contributed by atoms with Crippen molar-refractivity contribution in [2.75, 3.05) is 18.5 Å². The van der Waals surface area contributed by atoms with E-state index in [0.717, 1.165) is 31.9 Å². The van der Waals surface area contributed by atoms with Crippen LogP contribution >= 0.6 is 0 Å². The maximum absolute atomic E-state index is 12.2. The van der Waals surface area contributed by atoms with Crippen molar-refractivity contribution in [3.05, 3.63) is 41.9 Å². The summed E-state index contributed by atoms with van der Waals surface area (Å²) in [6.45, 7) is 4.22. The van der Waals surface area contributed by atoms with Gasteiger partial charge in [-0.15, -0.1) is 0 Å². The van der Waals surface area contributed by atoms with Gasteiger partial charge < -0.3 is 10.1 Å². The number of hydrogen-bond acceptors (Lipinski definition) is 4. The fraction of sp³-hybridized carbons (Fsp3) is 0.400. The topological polar surface area (TPSA) is 69.0 Å². The zero-order chi connectivity index (χ0) is 14.7. The fourth-order valence-electron chi connectivity index (χ4n) is 2.35. The lowest BCUT2D eigenvalue weighted by molar-refractivity contribution is 0.102. The summed E-state index contributed by atoms with van der Waals surface area (Å²) in [5, 5.41) is 7.15. The Morgan fingerprint density at radius 3 is 3.10 bits per heavy atom. The first-order chi connectivity index (χ1) is 10.2. The molecular formula is C15H18N4O2. The van der Waals surface area contributed by atoms with Gasteiger partial charge in [0, 0.05) is 37.0 Å². The lowest BCUT2D eigenvalue weighted by Crippen LogP contribution is -2.19. The molecule has 6 nitrogen and oxygen atoms in total. The van der Waals surface area contributed by atoms with E-state index in [1.54, 1.807) is 24.5 Å². The average molecular weight is 286 g/mol. The number of ether oxygens (including phenoxy) is 1. The SMILES string of the molecule is Cc1ccc(C(=O)Nc2ccnn2C[C@@H]2CCOC2)cn1. The Morgan fingerprint density at radius 2 is 2.38 bits per heavy atom. The second-order valence-corrected chi connectivity index (χ2v) is 5.27. The van der Waals surface area contributed by atoms with E-state index in [4.69, 9.17) is 4.74 Å². The molecule has 0 saturated carbocycles. The highest BCUT2D eigenvalue weighted by Crippen LogP contribution is 2.17. The quantitative estimate of drug-likeness (QED) is 0.931. The Labute approximate surface area is 123 Å². The Kier molecular flexibility index (Phi) is 3.96. The van der Waals surface area contributed by atoms with Crippen LogP contribution < -0.4 is 5.32 Å². The second kappa shape index (κ2) is 6.05. The number of aryl methyl sites for hydroxylation is 1. The van der Waals surface area contributed by atoms with E-state index in [0.29, 0.717) is 17.3 Å². The van der Waals surface area contributed by atoms with Gasteiger partial charge in [-0.25, -0.2) is 4.68 Å². The standard InChI is InChI=1S/C15H18N4O2/c1-11-2-3-13(8-16-11)15(20)18-14-4-6-17-19(14)9-12-5-7-21-10-12/h2-4,6,8,12H,5,7,9-10H2,1H3,(H,18,20)/t12-/m0/s1.